The largest absolute Gasteiger partial charge is 0.466 e. The summed E-state index contributed by atoms with van der Waals surface area (Å²) in [6.07, 6.45) is 0.0493. The van der Waals surface area contributed by atoms with Gasteiger partial charge in [-0.1, -0.05) is 17.7 Å². The molecule has 0 unspecified atom stereocenters. The number of hydrogen-bond acceptors (Lipinski definition) is 4. The molecule has 21 heavy (non-hydrogen) atoms. The van der Waals surface area contributed by atoms with Crippen LogP contribution in [0.3, 0.4) is 0 Å². The SMILES string of the molecule is CCOC(=O)CCC(=O)NC(=S)Nc1cc(Cl)ccc1C. The zero-order chi connectivity index (χ0) is 15.8. The summed E-state index contributed by atoms with van der Waals surface area (Å²) in [5, 5.41) is 6.13. The highest BCUT2D eigenvalue weighted by Crippen LogP contribution is 2.19. The van der Waals surface area contributed by atoms with Crippen LogP contribution < -0.4 is 10.6 Å². The summed E-state index contributed by atoms with van der Waals surface area (Å²) in [6, 6.07) is 5.33. The second-order valence-electron chi connectivity index (χ2n) is 4.27. The van der Waals surface area contributed by atoms with E-state index in [1.54, 1.807) is 19.1 Å². The van der Waals surface area contributed by atoms with Crippen LogP contribution in [0.2, 0.25) is 5.02 Å². The van der Waals surface area contributed by atoms with Crippen molar-refractivity contribution < 1.29 is 14.3 Å². The first-order valence-electron chi connectivity index (χ1n) is 6.45. The predicted octanol–water partition coefficient (Wildman–Crippen LogP) is 2.80. The molecule has 0 aromatic heterocycles. The second-order valence-corrected chi connectivity index (χ2v) is 5.11. The van der Waals surface area contributed by atoms with Gasteiger partial charge < -0.3 is 15.4 Å². The van der Waals surface area contributed by atoms with Crippen molar-refractivity contribution in [2.45, 2.75) is 26.7 Å². The number of carbonyl (C=O) groups excluding carboxylic acids is 2. The highest BCUT2D eigenvalue weighted by atomic mass is 35.5. The third-order valence-electron chi connectivity index (χ3n) is 2.56. The van der Waals surface area contributed by atoms with Crippen molar-refractivity contribution in [3.63, 3.8) is 0 Å². The van der Waals surface area contributed by atoms with Crippen molar-refractivity contribution in [3.05, 3.63) is 28.8 Å². The first-order chi connectivity index (χ1) is 9.92. The Balaban J connectivity index is 2.44. The highest BCUT2D eigenvalue weighted by molar-refractivity contribution is 7.80. The summed E-state index contributed by atoms with van der Waals surface area (Å²) in [7, 11) is 0. The average Bonchev–Trinajstić information content (AvgIpc) is 2.41. The van der Waals surface area contributed by atoms with Crippen molar-refractivity contribution in [2.24, 2.45) is 0 Å². The number of aryl methyl sites for hydroxylation is 1. The molecule has 1 rings (SSSR count). The molecule has 0 spiro atoms. The molecule has 0 saturated carbocycles. The van der Waals surface area contributed by atoms with Crippen LogP contribution in [0.15, 0.2) is 18.2 Å². The highest BCUT2D eigenvalue weighted by Gasteiger charge is 2.10. The predicted molar refractivity (Wildman–Crippen MR) is 86.4 cm³/mol. The average molecular weight is 329 g/mol. The fourth-order valence-corrected chi connectivity index (χ4v) is 1.92. The molecule has 1 aromatic carbocycles. The lowest BCUT2D eigenvalue weighted by Crippen LogP contribution is -2.34. The summed E-state index contributed by atoms with van der Waals surface area (Å²) in [4.78, 5) is 22.8. The number of halogens is 1. The van der Waals surface area contributed by atoms with Crippen molar-refractivity contribution in [3.8, 4) is 0 Å². The molecule has 5 nitrogen and oxygen atoms in total. The smallest absolute Gasteiger partial charge is 0.306 e. The minimum atomic E-state index is -0.405. The van der Waals surface area contributed by atoms with Crippen molar-refractivity contribution in [1.29, 1.82) is 0 Å². The van der Waals surface area contributed by atoms with E-state index in [0.717, 1.165) is 11.3 Å². The molecule has 0 radical (unpaired) electrons. The van der Waals surface area contributed by atoms with E-state index in [4.69, 9.17) is 28.6 Å². The molecule has 114 valence electrons. The van der Waals surface area contributed by atoms with Crippen molar-refractivity contribution in [1.82, 2.24) is 5.32 Å². The van der Waals surface area contributed by atoms with Crippen LogP contribution >= 0.6 is 23.8 Å². The van der Waals surface area contributed by atoms with Crippen LogP contribution in [-0.2, 0) is 14.3 Å². The summed E-state index contributed by atoms with van der Waals surface area (Å²) in [5.41, 5.74) is 1.67. The van der Waals surface area contributed by atoms with E-state index in [-0.39, 0.29) is 23.9 Å². The molecule has 0 bridgehead atoms. The normalized spacial score (nSPS) is 9.86. The number of ether oxygens (including phenoxy) is 1. The molecular weight excluding hydrogens is 312 g/mol. The van der Waals surface area contributed by atoms with Crippen LogP contribution in [0, 0.1) is 6.92 Å². The van der Waals surface area contributed by atoms with E-state index in [9.17, 15) is 9.59 Å². The molecule has 0 aliphatic rings. The van der Waals surface area contributed by atoms with Gasteiger partial charge in [0.25, 0.3) is 0 Å². The van der Waals surface area contributed by atoms with Gasteiger partial charge in [-0.25, -0.2) is 0 Å². The lowest BCUT2D eigenvalue weighted by atomic mass is 10.2. The fourth-order valence-electron chi connectivity index (χ4n) is 1.52. The van der Waals surface area contributed by atoms with Gasteiger partial charge in [-0.2, -0.15) is 0 Å². The lowest BCUT2D eigenvalue weighted by Gasteiger charge is -2.12. The van der Waals surface area contributed by atoms with Crippen LogP contribution in [0.5, 0.6) is 0 Å². The number of anilines is 1. The van der Waals surface area contributed by atoms with Gasteiger partial charge in [-0.05, 0) is 43.8 Å². The van der Waals surface area contributed by atoms with Gasteiger partial charge in [-0.3, -0.25) is 9.59 Å². The molecule has 0 heterocycles. The topological polar surface area (TPSA) is 67.4 Å². The Labute approximate surface area is 134 Å². The monoisotopic (exact) mass is 328 g/mol. The Hall–Kier alpha value is -1.66. The number of nitrogens with one attached hydrogen (secondary N) is 2. The maximum absolute atomic E-state index is 11.6. The number of benzene rings is 1. The van der Waals surface area contributed by atoms with E-state index < -0.39 is 5.97 Å². The van der Waals surface area contributed by atoms with Gasteiger partial charge in [0.1, 0.15) is 0 Å². The van der Waals surface area contributed by atoms with E-state index in [2.05, 4.69) is 10.6 Å². The molecule has 0 saturated heterocycles. The van der Waals surface area contributed by atoms with Gasteiger partial charge in [0, 0.05) is 17.1 Å². The summed E-state index contributed by atoms with van der Waals surface area (Å²) < 4.78 is 4.74. The fraction of sp³-hybridized carbons (Fsp3) is 0.357. The van der Waals surface area contributed by atoms with Crippen LogP contribution in [-0.4, -0.2) is 23.6 Å². The zero-order valence-electron chi connectivity index (χ0n) is 11.9. The Morgan fingerprint density at radius 2 is 2.05 bits per heavy atom. The maximum atomic E-state index is 11.6. The summed E-state index contributed by atoms with van der Waals surface area (Å²) in [6.45, 7) is 3.91. The molecule has 2 N–H and O–H groups in total. The Morgan fingerprint density at radius 3 is 2.71 bits per heavy atom. The standard InChI is InChI=1S/C14H17ClN2O3S/c1-3-20-13(19)7-6-12(18)17-14(21)16-11-8-10(15)5-4-9(11)2/h4-5,8H,3,6-7H2,1-2H3,(H2,16,17,18,21). The van der Waals surface area contributed by atoms with Crippen LogP contribution in [0.1, 0.15) is 25.3 Å². The number of hydrogen-bond donors (Lipinski definition) is 2. The first-order valence-corrected chi connectivity index (χ1v) is 7.23. The minimum absolute atomic E-state index is 0.0230. The van der Waals surface area contributed by atoms with Crippen molar-refractivity contribution in [2.75, 3.05) is 11.9 Å². The van der Waals surface area contributed by atoms with Crippen molar-refractivity contribution >= 4 is 46.5 Å². The number of esters is 1. The minimum Gasteiger partial charge on any atom is -0.466 e. The first kappa shape index (κ1) is 17.4. The summed E-state index contributed by atoms with van der Waals surface area (Å²) in [5.74, 6) is -0.752. The number of amides is 1. The molecule has 1 aromatic rings. The van der Waals surface area contributed by atoms with E-state index in [1.807, 2.05) is 13.0 Å². The lowest BCUT2D eigenvalue weighted by molar-refractivity contribution is -0.144. The molecular formula is C14H17ClN2O3S. The second kappa shape index (κ2) is 8.59. The number of carbonyl (C=O) groups is 2. The van der Waals surface area contributed by atoms with Gasteiger partial charge in [0.2, 0.25) is 5.91 Å². The Kier molecular flexibility index (Phi) is 7.11. The van der Waals surface area contributed by atoms with E-state index in [0.29, 0.717) is 11.6 Å². The molecule has 0 aliphatic carbocycles. The maximum Gasteiger partial charge on any atom is 0.306 e. The Bertz CT molecular complexity index is 549. The van der Waals surface area contributed by atoms with Gasteiger partial charge >= 0.3 is 5.97 Å². The Morgan fingerprint density at radius 1 is 1.33 bits per heavy atom. The van der Waals surface area contributed by atoms with Gasteiger partial charge in [0.05, 0.1) is 13.0 Å². The number of rotatable bonds is 5. The van der Waals surface area contributed by atoms with E-state index >= 15 is 0 Å². The van der Waals surface area contributed by atoms with Gasteiger partial charge in [0.15, 0.2) is 5.11 Å². The molecule has 0 aliphatic heterocycles. The third-order valence-corrected chi connectivity index (χ3v) is 3.00. The quantitative estimate of drug-likeness (QED) is 0.642. The third kappa shape index (κ3) is 6.55. The van der Waals surface area contributed by atoms with Crippen LogP contribution in [0.4, 0.5) is 5.69 Å². The van der Waals surface area contributed by atoms with Gasteiger partial charge in [-0.15, -0.1) is 0 Å². The van der Waals surface area contributed by atoms with E-state index in [1.165, 1.54) is 0 Å². The molecule has 7 heteroatoms. The van der Waals surface area contributed by atoms with Crippen LogP contribution in [0.25, 0.3) is 0 Å². The number of thiocarbonyl (C=S) groups is 1. The summed E-state index contributed by atoms with van der Waals surface area (Å²) >= 11 is 10.9. The molecule has 1 amide bonds. The molecule has 0 atom stereocenters. The molecule has 0 fully saturated rings. The zero-order valence-corrected chi connectivity index (χ0v) is 13.4.